The first-order valence-corrected chi connectivity index (χ1v) is 6.76. The van der Waals surface area contributed by atoms with E-state index < -0.39 is 46.8 Å². The zero-order valence-corrected chi connectivity index (χ0v) is 12.3. The van der Waals surface area contributed by atoms with Crippen LogP contribution in [0.5, 0.6) is 5.75 Å². The number of rotatable bonds is 4. The minimum atomic E-state index is -3.29. The number of aliphatic carboxylic acids is 2. The lowest BCUT2D eigenvalue weighted by molar-refractivity contribution is -0.151. The summed E-state index contributed by atoms with van der Waals surface area (Å²) >= 11 is 0. The number of carbonyl (C=O) groups is 2. The number of allylic oxidation sites excluding steroid dienone is 2. The predicted molar refractivity (Wildman–Crippen MR) is 77.0 cm³/mol. The summed E-state index contributed by atoms with van der Waals surface area (Å²) in [7, 11) is 0. The van der Waals surface area contributed by atoms with Crippen LogP contribution in [-0.2, 0) is 9.59 Å². The highest BCUT2D eigenvalue weighted by Crippen LogP contribution is 2.46. The number of phenolic OH excluding ortho intramolecular Hbond substituents is 1. The molecule has 8 heteroatoms. The molecule has 2 unspecified atom stereocenters. The van der Waals surface area contributed by atoms with Gasteiger partial charge in [-0.3, -0.25) is 4.79 Å². The Morgan fingerprint density at radius 3 is 2.33 bits per heavy atom. The van der Waals surface area contributed by atoms with Crippen LogP contribution in [0.25, 0.3) is 5.57 Å². The molecule has 2 atom stereocenters. The van der Waals surface area contributed by atoms with Crippen molar-refractivity contribution in [3.05, 3.63) is 47.3 Å². The van der Waals surface area contributed by atoms with Gasteiger partial charge in [0.25, 0.3) is 0 Å². The molecule has 1 aliphatic carbocycles. The SMILES string of the molecule is CC1(C(=O)O)C=CC(c2ccc(O)cc2F)=C(C(=O)O)C1C(F)F. The Bertz CT molecular complexity index is 769. The molecule has 0 heterocycles. The monoisotopic (exact) mass is 342 g/mol. The van der Waals surface area contributed by atoms with Crippen molar-refractivity contribution in [1.82, 2.24) is 0 Å². The van der Waals surface area contributed by atoms with Gasteiger partial charge in [0.05, 0.1) is 16.9 Å². The van der Waals surface area contributed by atoms with E-state index in [1.165, 1.54) is 0 Å². The summed E-state index contributed by atoms with van der Waals surface area (Å²) in [6, 6.07) is 2.82. The molecule has 0 radical (unpaired) electrons. The summed E-state index contributed by atoms with van der Waals surface area (Å²) in [4.78, 5) is 23.0. The summed E-state index contributed by atoms with van der Waals surface area (Å²) in [5.41, 5.74) is -3.72. The Kier molecular flexibility index (Phi) is 4.42. The molecule has 1 aromatic carbocycles. The molecule has 0 amide bonds. The van der Waals surface area contributed by atoms with Gasteiger partial charge in [0.2, 0.25) is 6.43 Å². The maximum Gasteiger partial charge on any atom is 0.332 e. The van der Waals surface area contributed by atoms with Crippen LogP contribution in [0.4, 0.5) is 13.2 Å². The zero-order valence-electron chi connectivity index (χ0n) is 12.3. The quantitative estimate of drug-likeness (QED) is 0.782. The molecule has 1 aromatic rings. The number of benzene rings is 1. The van der Waals surface area contributed by atoms with Crippen molar-refractivity contribution in [3.8, 4) is 5.75 Å². The lowest BCUT2D eigenvalue weighted by atomic mass is 9.68. The van der Waals surface area contributed by atoms with Crippen molar-refractivity contribution >= 4 is 17.5 Å². The molecular formula is C16H13F3O5. The van der Waals surface area contributed by atoms with Crippen molar-refractivity contribution in [2.45, 2.75) is 13.3 Å². The van der Waals surface area contributed by atoms with Crippen LogP contribution >= 0.6 is 0 Å². The topological polar surface area (TPSA) is 94.8 Å². The second kappa shape index (κ2) is 6.03. The van der Waals surface area contributed by atoms with Crippen LogP contribution in [0.2, 0.25) is 0 Å². The molecule has 0 bridgehead atoms. The normalized spacial score (nSPS) is 23.6. The molecule has 24 heavy (non-hydrogen) atoms. The van der Waals surface area contributed by atoms with Crippen LogP contribution in [-0.4, -0.2) is 33.7 Å². The number of hydrogen-bond donors (Lipinski definition) is 3. The maximum absolute atomic E-state index is 14.0. The van der Waals surface area contributed by atoms with Crippen molar-refractivity contribution in [3.63, 3.8) is 0 Å². The van der Waals surface area contributed by atoms with Gasteiger partial charge >= 0.3 is 11.9 Å². The number of aromatic hydroxyl groups is 1. The highest BCUT2D eigenvalue weighted by Gasteiger charge is 2.51. The Morgan fingerprint density at radius 1 is 1.25 bits per heavy atom. The van der Waals surface area contributed by atoms with Crippen molar-refractivity contribution < 1.29 is 38.1 Å². The lowest BCUT2D eigenvalue weighted by Crippen LogP contribution is -2.42. The fourth-order valence-electron chi connectivity index (χ4n) is 2.71. The molecule has 0 fully saturated rings. The molecule has 0 aliphatic heterocycles. The third-order valence-electron chi connectivity index (χ3n) is 4.03. The average Bonchev–Trinajstić information content (AvgIpc) is 2.46. The van der Waals surface area contributed by atoms with Crippen molar-refractivity contribution in [2.24, 2.45) is 11.3 Å². The first kappa shape index (κ1) is 17.6. The highest BCUT2D eigenvalue weighted by molar-refractivity contribution is 6.02. The molecular weight excluding hydrogens is 329 g/mol. The summed E-state index contributed by atoms with van der Waals surface area (Å²) < 4.78 is 41.0. The van der Waals surface area contributed by atoms with E-state index in [1.54, 1.807) is 0 Å². The summed E-state index contributed by atoms with van der Waals surface area (Å²) in [5, 5.41) is 27.8. The molecule has 0 saturated carbocycles. The smallest absolute Gasteiger partial charge is 0.332 e. The maximum atomic E-state index is 14.0. The first-order chi connectivity index (χ1) is 11.1. The van der Waals surface area contributed by atoms with Gasteiger partial charge in [-0.15, -0.1) is 0 Å². The van der Waals surface area contributed by atoms with Gasteiger partial charge in [0.1, 0.15) is 11.6 Å². The molecule has 3 N–H and O–H groups in total. The van der Waals surface area contributed by atoms with Crippen LogP contribution in [0, 0.1) is 17.2 Å². The van der Waals surface area contributed by atoms with Gasteiger partial charge in [0.15, 0.2) is 0 Å². The second-order valence-electron chi connectivity index (χ2n) is 5.53. The van der Waals surface area contributed by atoms with E-state index in [0.717, 1.165) is 31.2 Å². The van der Waals surface area contributed by atoms with Gasteiger partial charge in [-0.1, -0.05) is 12.2 Å². The standard InChI is InChI=1S/C16H13F3O5/c1-16(15(23)24)5-4-9(8-3-2-7(20)6-10(8)17)11(14(21)22)12(16)13(18)19/h2-6,12-13,20H,1H3,(H,21,22)(H,23,24). The van der Waals surface area contributed by atoms with Crippen LogP contribution < -0.4 is 0 Å². The summed E-state index contributed by atoms with van der Waals surface area (Å²) in [6.45, 7) is 0.982. The van der Waals surface area contributed by atoms with E-state index in [9.17, 15) is 38.1 Å². The number of carboxylic acid groups (broad SMARTS) is 2. The number of halogens is 3. The number of carboxylic acids is 2. The minimum absolute atomic E-state index is 0.320. The number of phenols is 1. The summed E-state index contributed by atoms with van der Waals surface area (Å²) in [6.07, 6.45) is -1.36. The van der Waals surface area contributed by atoms with Crippen molar-refractivity contribution in [2.75, 3.05) is 0 Å². The summed E-state index contributed by atoms with van der Waals surface area (Å²) in [5.74, 6) is -6.98. The minimum Gasteiger partial charge on any atom is -0.508 e. The van der Waals surface area contributed by atoms with E-state index >= 15 is 0 Å². The molecule has 1 aliphatic rings. The van der Waals surface area contributed by atoms with Gasteiger partial charge in [-0.25, -0.2) is 18.0 Å². The zero-order chi connectivity index (χ0) is 18.2. The first-order valence-electron chi connectivity index (χ1n) is 6.76. The molecule has 5 nitrogen and oxygen atoms in total. The molecule has 0 aromatic heterocycles. The average molecular weight is 342 g/mol. The van der Waals surface area contributed by atoms with Gasteiger partial charge in [-0.05, 0) is 24.6 Å². The third kappa shape index (κ3) is 2.75. The Morgan fingerprint density at radius 2 is 1.88 bits per heavy atom. The van der Waals surface area contributed by atoms with Crippen LogP contribution in [0.3, 0.4) is 0 Å². The lowest BCUT2D eigenvalue weighted by Gasteiger charge is -2.35. The van der Waals surface area contributed by atoms with E-state index in [0.29, 0.717) is 6.07 Å². The molecule has 128 valence electrons. The fourth-order valence-corrected chi connectivity index (χ4v) is 2.71. The molecule has 0 spiro atoms. The Labute approximate surface area is 134 Å². The highest BCUT2D eigenvalue weighted by atomic mass is 19.3. The van der Waals surface area contributed by atoms with E-state index in [-0.39, 0.29) is 11.1 Å². The molecule has 0 saturated heterocycles. The fraction of sp³-hybridized carbons (Fsp3) is 0.250. The van der Waals surface area contributed by atoms with E-state index in [1.807, 2.05) is 0 Å². The van der Waals surface area contributed by atoms with Gasteiger partial charge in [0, 0.05) is 11.6 Å². The Balaban J connectivity index is 2.77. The number of alkyl halides is 2. The predicted octanol–water partition coefficient (Wildman–Crippen LogP) is 2.91. The second-order valence-corrected chi connectivity index (χ2v) is 5.53. The van der Waals surface area contributed by atoms with Crippen LogP contribution in [0.1, 0.15) is 12.5 Å². The number of hydrogen-bond acceptors (Lipinski definition) is 3. The Hall–Kier alpha value is -2.77. The molecule has 2 rings (SSSR count). The van der Waals surface area contributed by atoms with Crippen LogP contribution in [0.15, 0.2) is 35.9 Å². The van der Waals surface area contributed by atoms with E-state index in [2.05, 4.69) is 0 Å². The largest absolute Gasteiger partial charge is 0.508 e. The van der Waals surface area contributed by atoms with Crippen molar-refractivity contribution in [1.29, 1.82) is 0 Å². The third-order valence-corrected chi connectivity index (χ3v) is 4.03. The van der Waals surface area contributed by atoms with E-state index in [4.69, 9.17) is 0 Å². The van der Waals surface area contributed by atoms with Gasteiger partial charge in [-0.2, -0.15) is 0 Å². The van der Waals surface area contributed by atoms with Gasteiger partial charge < -0.3 is 15.3 Å².